The molecule has 6 heteroatoms. The predicted molar refractivity (Wildman–Crippen MR) is 79.3 cm³/mol. The van der Waals surface area contributed by atoms with E-state index in [0.29, 0.717) is 5.92 Å². The van der Waals surface area contributed by atoms with Crippen LogP contribution in [0.3, 0.4) is 0 Å². The van der Waals surface area contributed by atoms with Gasteiger partial charge in [0.05, 0.1) is 31.6 Å². The molecule has 0 bridgehead atoms. The zero-order valence-electron chi connectivity index (χ0n) is 13.0. The highest BCUT2D eigenvalue weighted by Crippen LogP contribution is 2.43. The number of nitrogens with two attached hydrogens (primary N) is 1. The Hall–Kier alpha value is -1.11. The molecule has 114 valence electrons. The van der Waals surface area contributed by atoms with Crippen LogP contribution in [0, 0.1) is 11.8 Å². The molecule has 2 rings (SSSR count). The molecule has 0 aromatic carbocycles. The van der Waals surface area contributed by atoms with Gasteiger partial charge in [0.2, 0.25) is 0 Å². The molecular formula is C14H27N5O. The van der Waals surface area contributed by atoms with Gasteiger partial charge in [0.1, 0.15) is 0 Å². The molecule has 1 fully saturated rings. The van der Waals surface area contributed by atoms with Gasteiger partial charge in [-0.2, -0.15) is 5.10 Å². The van der Waals surface area contributed by atoms with E-state index in [1.54, 1.807) is 13.3 Å². The van der Waals surface area contributed by atoms with Gasteiger partial charge in [-0.1, -0.05) is 6.92 Å². The van der Waals surface area contributed by atoms with Crippen molar-refractivity contribution < 1.29 is 4.74 Å². The van der Waals surface area contributed by atoms with Crippen LogP contribution in [-0.4, -0.2) is 42.4 Å². The number of hydrogen-bond acceptors (Lipinski definition) is 5. The second kappa shape index (κ2) is 6.56. The van der Waals surface area contributed by atoms with Crippen LogP contribution in [0.4, 0.5) is 0 Å². The Balaban J connectivity index is 2.23. The maximum atomic E-state index is 5.82. The first-order valence-electron chi connectivity index (χ1n) is 7.29. The minimum absolute atomic E-state index is 0.0853. The molecule has 1 aliphatic carbocycles. The molecule has 20 heavy (non-hydrogen) atoms. The van der Waals surface area contributed by atoms with E-state index in [1.807, 2.05) is 4.68 Å². The number of nitrogens with one attached hydrogen (secondary N) is 1. The minimum atomic E-state index is 0.0853. The monoisotopic (exact) mass is 281 g/mol. The SMILES string of the molecule is COc1cnn(CCN(C)C)c1C(NN)C(C)C1CC1. The van der Waals surface area contributed by atoms with Crippen molar-refractivity contribution in [2.45, 2.75) is 32.4 Å². The van der Waals surface area contributed by atoms with Crippen molar-refractivity contribution in [1.82, 2.24) is 20.1 Å². The third-order valence-electron chi connectivity index (χ3n) is 4.19. The number of rotatable bonds is 8. The van der Waals surface area contributed by atoms with Crippen LogP contribution in [-0.2, 0) is 6.54 Å². The smallest absolute Gasteiger partial charge is 0.161 e. The number of methoxy groups -OCH3 is 1. The van der Waals surface area contributed by atoms with E-state index in [0.717, 1.165) is 30.5 Å². The Morgan fingerprint density at radius 3 is 2.75 bits per heavy atom. The molecule has 0 radical (unpaired) electrons. The molecule has 0 aliphatic heterocycles. The summed E-state index contributed by atoms with van der Waals surface area (Å²) in [5, 5.41) is 4.46. The van der Waals surface area contributed by atoms with Gasteiger partial charge < -0.3 is 9.64 Å². The second-order valence-corrected chi connectivity index (χ2v) is 5.97. The van der Waals surface area contributed by atoms with Crippen molar-refractivity contribution in [1.29, 1.82) is 0 Å². The molecule has 1 aromatic rings. The highest BCUT2D eigenvalue weighted by atomic mass is 16.5. The van der Waals surface area contributed by atoms with Gasteiger partial charge in [-0.15, -0.1) is 0 Å². The van der Waals surface area contributed by atoms with Crippen LogP contribution in [0.25, 0.3) is 0 Å². The Bertz CT molecular complexity index is 427. The Kier molecular flexibility index (Phi) is 5.01. The van der Waals surface area contributed by atoms with Gasteiger partial charge in [-0.05, 0) is 38.8 Å². The molecule has 2 atom stereocenters. The number of hydrogen-bond donors (Lipinski definition) is 2. The van der Waals surface area contributed by atoms with Gasteiger partial charge in [-0.25, -0.2) is 0 Å². The summed E-state index contributed by atoms with van der Waals surface area (Å²) in [5.41, 5.74) is 4.04. The summed E-state index contributed by atoms with van der Waals surface area (Å²) < 4.78 is 7.49. The molecule has 0 spiro atoms. The highest BCUT2D eigenvalue weighted by Gasteiger charge is 2.36. The maximum Gasteiger partial charge on any atom is 0.161 e. The average Bonchev–Trinajstić information content (AvgIpc) is 3.19. The van der Waals surface area contributed by atoms with Crippen LogP contribution in [0.15, 0.2) is 6.20 Å². The fraction of sp³-hybridized carbons (Fsp3) is 0.786. The maximum absolute atomic E-state index is 5.82. The van der Waals surface area contributed by atoms with E-state index in [2.05, 4.69) is 36.4 Å². The lowest BCUT2D eigenvalue weighted by molar-refractivity contribution is 0.306. The topological polar surface area (TPSA) is 68.3 Å². The van der Waals surface area contributed by atoms with Crippen LogP contribution in [0.2, 0.25) is 0 Å². The lowest BCUT2D eigenvalue weighted by Gasteiger charge is -2.25. The van der Waals surface area contributed by atoms with Crippen LogP contribution >= 0.6 is 0 Å². The van der Waals surface area contributed by atoms with E-state index in [9.17, 15) is 0 Å². The molecule has 1 saturated carbocycles. The number of hydrazine groups is 1. The summed E-state index contributed by atoms with van der Waals surface area (Å²) in [6.45, 7) is 4.03. The van der Waals surface area contributed by atoms with Crippen molar-refractivity contribution in [3.05, 3.63) is 11.9 Å². The van der Waals surface area contributed by atoms with E-state index >= 15 is 0 Å². The Morgan fingerprint density at radius 1 is 1.55 bits per heavy atom. The first-order chi connectivity index (χ1) is 9.58. The standard InChI is InChI=1S/C14H27N5O/c1-10(11-5-6-11)13(17-15)14-12(20-4)9-16-19(14)8-7-18(2)3/h9-11,13,17H,5-8,15H2,1-4H3. The number of ether oxygens (including phenoxy) is 1. The van der Waals surface area contributed by atoms with Crippen LogP contribution in [0.5, 0.6) is 5.75 Å². The summed E-state index contributed by atoms with van der Waals surface area (Å²) in [7, 11) is 5.81. The third kappa shape index (κ3) is 3.31. The molecular weight excluding hydrogens is 254 g/mol. The van der Waals surface area contributed by atoms with Crippen LogP contribution in [0.1, 0.15) is 31.5 Å². The Labute approximate surface area is 121 Å². The quantitative estimate of drug-likeness (QED) is 0.550. The lowest BCUT2D eigenvalue weighted by Crippen LogP contribution is -2.35. The van der Waals surface area contributed by atoms with E-state index < -0.39 is 0 Å². The third-order valence-corrected chi connectivity index (χ3v) is 4.19. The van der Waals surface area contributed by atoms with Crippen molar-refractivity contribution in [2.24, 2.45) is 17.7 Å². The number of nitrogens with zero attached hydrogens (tertiary/aromatic N) is 3. The van der Waals surface area contributed by atoms with E-state index in [1.165, 1.54) is 12.8 Å². The van der Waals surface area contributed by atoms with Crippen molar-refractivity contribution >= 4 is 0 Å². The predicted octanol–water partition coefficient (Wildman–Crippen LogP) is 1.00. The average molecular weight is 281 g/mol. The molecule has 1 heterocycles. The van der Waals surface area contributed by atoms with Crippen molar-refractivity contribution in [2.75, 3.05) is 27.7 Å². The Morgan fingerprint density at radius 2 is 2.25 bits per heavy atom. The molecule has 0 saturated heterocycles. The molecule has 6 nitrogen and oxygen atoms in total. The first kappa shape index (κ1) is 15.3. The van der Waals surface area contributed by atoms with E-state index in [-0.39, 0.29) is 6.04 Å². The van der Waals surface area contributed by atoms with Gasteiger partial charge in [-0.3, -0.25) is 16.0 Å². The zero-order valence-corrected chi connectivity index (χ0v) is 13.0. The highest BCUT2D eigenvalue weighted by molar-refractivity contribution is 5.29. The largest absolute Gasteiger partial charge is 0.493 e. The number of likely N-dealkylation sites (N-methyl/N-ethyl adjacent to an activating group) is 1. The fourth-order valence-electron chi connectivity index (χ4n) is 2.70. The fourth-order valence-corrected chi connectivity index (χ4v) is 2.70. The van der Waals surface area contributed by atoms with Gasteiger partial charge >= 0.3 is 0 Å². The van der Waals surface area contributed by atoms with E-state index in [4.69, 9.17) is 10.6 Å². The zero-order chi connectivity index (χ0) is 14.7. The van der Waals surface area contributed by atoms with Gasteiger partial charge in [0.15, 0.2) is 5.75 Å². The van der Waals surface area contributed by atoms with Crippen LogP contribution < -0.4 is 16.0 Å². The van der Waals surface area contributed by atoms with Crippen molar-refractivity contribution in [3.8, 4) is 5.75 Å². The summed E-state index contributed by atoms with van der Waals surface area (Å²) in [5.74, 6) is 7.89. The lowest BCUT2D eigenvalue weighted by atomic mass is 9.94. The van der Waals surface area contributed by atoms with Gasteiger partial charge in [0, 0.05) is 6.54 Å². The molecule has 1 aliphatic rings. The summed E-state index contributed by atoms with van der Waals surface area (Å²) in [6.07, 6.45) is 4.38. The summed E-state index contributed by atoms with van der Waals surface area (Å²) in [6, 6.07) is 0.0853. The normalized spacial score (nSPS) is 18.3. The summed E-state index contributed by atoms with van der Waals surface area (Å²) in [4.78, 5) is 2.15. The summed E-state index contributed by atoms with van der Waals surface area (Å²) >= 11 is 0. The first-order valence-corrected chi connectivity index (χ1v) is 7.29. The van der Waals surface area contributed by atoms with Crippen molar-refractivity contribution in [3.63, 3.8) is 0 Å². The second-order valence-electron chi connectivity index (χ2n) is 5.97. The molecule has 2 unspecified atom stereocenters. The number of aromatic nitrogens is 2. The molecule has 3 N–H and O–H groups in total. The molecule has 0 amide bonds. The minimum Gasteiger partial charge on any atom is -0.493 e. The molecule has 1 aromatic heterocycles. The van der Waals surface area contributed by atoms with Gasteiger partial charge in [0.25, 0.3) is 0 Å².